The zero-order valence-corrected chi connectivity index (χ0v) is 10.8. The lowest BCUT2D eigenvalue weighted by Gasteiger charge is -2.19. The Labute approximate surface area is 106 Å². The molecule has 1 rings (SSSR count). The van der Waals surface area contributed by atoms with Crippen LogP contribution in [0.4, 0.5) is 11.5 Å². The van der Waals surface area contributed by atoms with Crippen LogP contribution in [0.15, 0.2) is 12.1 Å². The lowest BCUT2D eigenvalue weighted by Crippen LogP contribution is -2.38. The molecule has 96 valence electrons. The quantitative estimate of drug-likeness (QED) is 0.807. The van der Waals surface area contributed by atoms with Crippen LogP contribution in [0.1, 0.15) is 19.5 Å². The van der Waals surface area contributed by atoms with Gasteiger partial charge in [-0.15, -0.1) is 0 Å². The van der Waals surface area contributed by atoms with E-state index >= 15 is 0 Å². The summed E-state index contributed by atoms with van der Waals surface area (Å²) in [6, 6.07) is 5.30. The van der Waals surface area contributed by atoms with Gasteiger partial charge in [0.15, 0.2) is 5.69 Å². The number of nitrogens with two attached hydrogens (primary N) is 1. The first-order valence-corrected chi connectivity index (χ1v) is 5.61. The zero-order chi connectivity index (χ0) is 13.7. The van der Waals surface area contributed by atoms with Crippen LogP contribution in [0.3, 0.4) is 0 Å². The van der Waals surface area contributed by atoms with Gasteiger partial charge in [0.05, 0.1) is 12.2 Å². The van der Waals surface area contributed by atoms with E-state index in [1.54, 1.807) is 24.1 Å². The summed E-state index contributed by atoms with van der Waals surface area (Å²) in [5, 5.41) is 11.6. The van der Waals surface area contributed by atoms with Gasteiger partial charge in [-0.3, -0.25) is 4.79 Å². The fourth-order valence-corrected chi connectivity index (χ4v) is 1.43. The normalized spacial score (nSPS) is 9.94. The fourth-order valence-electron chi connectivity index (χ4n) is 1.43. The van der Waals surface area contributed by atoms with Crippen molar-refractivity contribution in [2.24, 2.45) is 0 Å². The number of likely N-dealkylation sites (N-methyl/N-ethyl adjacent to an activating group) is 1. The molecule has 1 aromatic heterocycles. The average Bonchev–Trinajstić information content (AvgIpc) is 2.28. The number of hydrogen-bond acceptors (Lipinski definition) is 5. The second kappa shape index (κ2) is 5.87. The van der Waals surface area contributed by atoms with Crippen LogP contribution in [0.2, 0.25) is 0 Å². The van der Waals surface area contributed by atoms with E-state index in [-0.39, 0.29) is 24.2 Å². The third-order valence-corrected chi connectivity index (χ3v) is 2.24. The van der Waals surface area contributed by atoms with Gasteiger partial charge in [0, 0.05) is 13.1 Å². The summed E-state index contributed by atoms with van der Waals surface area (Å²) in [6.45, 7) is 3.97. The summed E-state index contributed by atoms with van der Waals surface area (Å²) >= 11 is 0. The molecule has 1 amide bonds. The second-order valence-electron chi connectivity index (χ2n) is 4.30. The molecule has 6 nitrogen and oxygen atoms in total. The number of pyridine rings is 1. The third kappa shape index (κ3) is 3.63. The van der Waals surface area contributed by atoms with Gasteiger partial charge in [-0.05, 0) is 26.0 Å². The number of carbonyl (C=O) groups excluding carboxylic acids is 1. The molecule has 1 heterocycles. The zero-order valence-electron chi connectivity index (χ0n) is 10.8. The van der Waals surface area contributed by atoms with Crippen molar-refractivity contribution in [2.45, 2.75) is 19.9 Å². The van der Waals surface area contributed by atoms with Gasteiger partial charge in [0.1, 0.15) is 11.9 Å². The standard InChI is InChI=1S/C12H17N5O/c1-8(2)15-12(18)7-17(3)11-5-4-9(14)10(6-13)16-11/h4-5,8H,7,14H2,1-3H3,(H,15,18). The maximum atomic E-state index is 11.6. The number of nitrogen functional groups attached to an aromatic ring is 1. The number of carbonyl (C=O) groups is 1. The Kier molecular flexibility index (Phi) is 4.49. The molecule has 0 unspecified atom stereocenters. The topological polar surface area (TPSA) is 95.0 Å². The lowest BCUT2D eigenvalue weighted by molar-refractivity contribution is -0.120. The minimum absolute atomic E-state index is 0.0929. The summed E-state index contributed by atoms with van der Waals surface area (Å²) in [4.78, 5) is 17.3. The molecule has 0 aromatic carbocycles. The number of nitriles is 1. The van der Waals surface area contributed by atoms with E-state index < -0.39 is 0 Å². The highest BCUT2D eigenvalue weighted by molar-refractivity contribution is 5.81. The van der Waals surface area contributed by atoms with Crippen LogP contribution in [0, 0.1) is 11.3 Å². The van der Waals surface area contributed by atoms with Gasteiger partial charge in [-0.2, -0.15) is 5.26 Å². The van der Waals surface area contributed by atoms with Crippen LogP contribution < -0.4 is 16.0 Å². The lowest BCUT2D eigenvalue weighted by atomic mass is 10.3. The van der Waals surface area contributed by atoms with Crippen LogP contribution in [-0.2, 0) is 4.79 Å². The van der Waals surface area contributed by atoms with E-state index in [0.29, 0.717) is 11.5 Å². The largest absolute Gasteiger partial charge is 0.396 e. The van der Waals surface area contributed by atoms with E-state index in [1.165, 1.54) is 0 Å². The van der Waals surface area contributed by atoms with E-state index in [9.17, 15) is 4.79 Å². The molecule has 0 saturated carbocycles. The number of nitrogens with one attached hydrogen (secondary N) is 1. The Morgan fingerprint density at radius 3 is 2.83 bits per heavy atom. The van der Waals surface area contributed by atoms with Crippen LogP contribution in [0.5, 0.6) is 0 Å². The monoisotopic (exact) mass is 247 g/mol. The molecule has 6 heteroatoms. The first kappa shape index (κ1) is 13.8. The van der Waals surface area contributed by atoms with Gasteiger partial charge in [-0.25, -0.2) is 4.98 Å². The van der Waals surface area contributed by atoms with Crippen molar-refractivity contribution in [3.05, 3.63) is 17.8 Å². The van der Waals surface area contributed by atoms with Gasteiger partial charge >= 0.3 is 0 Å². The Hall–Kier alpha value is -2.29. The maximum absolute atomic E-state index is 11.6. The smallest absolute Gasteiger partial charge is 0.239 e. The number of anilines is 2. The molecular weight excluding hydrogens is 230 g/mol. The van der Waals surface area contributed by atoms with E-state index in [4.69, 9.17) is 11.0 Å². The van der Waals surface area contributed by atoms with Crippen molar-refractivity contribution in [1.82, 2.24) is 10.3 Å². The Morgan fingerprint density at radius 2 is 2.28 bits per heavy atom. The highest BCUT2D eigenvalue weighted by Gasteiger charge is 2.11. The van der Waals surface area contributed by atoms with E-state index in [2.05, 4.69) is 10.3 Å². The highest BCUT2D eigenvalue weighted by atomic mass is 16.2. The molecule has 0 spiro atoms. The van der Waals surface area contributed by atoms with Crippen molar-refractivity contribution in [2.75, 3.05) is 24.2 Å². The fraction of sp³-hybridized carbons (Fsp3) is 0.417. The molecule has 0 fully saturated rings. The summed E-state index contributed by atoms with van der Waals surface area (Å²) in [5.74, 6) is 0.448. The molecule has 0 aliphatic carbocycles. The minimum atomic E-state index is -0.0929. The number of rotatable bonds is 4. The predicted molar refractivity (Wildman–Crippen MR) is 69.9 cm³/mol. The van der Waals surface area contributed by atoms with Crippen LogP contribution in [-0.4, -0.2) is 30.5 Å². The van der Waals surface area contributed by atoms with Crippen molar-refractivity contribution in [1.29, 1.82) is 5.26 Å². The molecule has 0 atom stereocenters. The third-order valence-electron chi connectivity index (χ3n) is 2.24. The van der Waals surface area contributed by atoms with E-state index in [0.717, 1.165) is 0 Å². The van der Waals surface area contributed by atoms with Crippen molar-refractivity contribution < 1.29 is 4.79 Å². The van der Waals surface area contributed by atoms with Crippen molar-refractivity contribution in [3.63, 3.8) is 0 Å². The molecule has 0 saturated heterocycles. The summed E-state index contributed by atoms with van der Waals surface area (Å²) in [5.41, 5.74) is 6.09. The number of nitrogens with zero attached hydrogens (tertiary/aromatic N) is 3. The predicted octanol–water partition coefficient (Wildman–Crippen LogP) is 0.496. The second-order valence-corrected chi connectivity index (χ2v) is 4.30. The Balaban J connectivity index is 2.76. The first-order valence-electron chi connectivity index (χ1n) is 5.61. The molecule has 3 N–H and O–H groups in total. The number of hydrogen-bond donors (Lipinski definition) is 2. The van der Waals surface area contributed by atoms with Gasteiger partial charge in [0.25, 0.3) is 0 Å². The van der Waals surface area contributed by atoms with E-state index in [1.807, 2.05) is 19.9 Å². The van der Waals surface area contributed by atoms with Crippen LogP contribution in [0.25, 0.3) is 0 Å². The number of aromatic nitrogens is 1. The Morgan fingerprint density at radius 1 is 1.61 bits per heavy atom. The van der Waals surface area contributed by atoms with Gasteiger partial charge in [-0.1, -0.05) is 0 Å². The maximum Gasteiger partial charge on any atom is 0.239 e. The van der Waals surface area contributed by atoms with Crippen molar-refractivity contribution in [3.8, 4) is 6.07 Å². The average molecular weight is 247 g/mol. The molecular formula is C12H17N5O. The summed E-state index contributed by atoms with van der Waals surface area (Å²) in [6.07, 6.45) is 0. The minimum Gasteiger partial charge on any atom is -0.396 e. The van der Waals surface area contributed by atoms with Gasteiger partial charge < -0.3 is 16.0 Å². The van der Waals surface area contributed by atoms with Crippen molar-refractivity contribution >= 4 is 17.4 Å². The Bertz CT molecular complexity index is 478. The molecule has 0 radical (unpaired) electrons. The summed E-state index contributed by atoms with van der Waals surface area (Å²) in [7, 11) is 1.74. The SMILES string of the molecule is CC(C)NC(=O)CN(C)c1ccc(N)c(C#N)n1. The highest BCUT2D eigenvalue weighted by Crippen LogP contribution is 2.14. The van der Waals surface area contributed by atoms with Crippen LogP contribution >= 0.6 is 0 Å². The van der Waals surface area contributed by atoms with Gasteiger partial charge in [0.2, 0.25) is 5.91 Å². The first-order chi connectivity index (χ1) is 8.43. The molecule has 0 aliphatic heterocycles. The molecule has 18 heavy (non-hydrogen) atoms. The molecule has 0 bridgehead atoms. The molecule has 0 aliphatic rings. The number of amides is 1. The summed E-state index contributed by atoms with van der Waals surface area (Å²) < 4.78 is 0. The molecule has 1 aromatic rings.